The van der Waals surface area contributed by atoms with Crippen LogP contribution in [0.15, 0.2) is 41.4 Å². The second-order valence-electron chi connectivity index (χ2n) is 6.68. The zero-order chi connectivity index (χ0) is 23.3. The first kappa shape index (κ1) is 24.7. The van der Waals surface area contributed by atoms with E-state index in [1.54, 1.807) is 38.5 Å². The molecule has 0 aromatic heterocycles. The lowest BCUT2D eigenvalue weighted by Crippen LogP contribution is -2.35. The Kier molecular flexibility index (Phi) is 8.67. The van der Waals surface area contributed by atoms with Crippen molar-refractivity contribution in [1.29, 1.82) is 0 Å². The molecule has 1 atom stereocenters. The summed E-state index contributed by atoms with van der Waals surface area (Å²) < 4.78 is 10.3. The molecule has 170 valence electrons. The van der Waals surface area contributed by atoms with E-state index in [1.165, 1.54) is 28.8 Å². The highest BCUT2D eigenvalue weighted by Crippen LogP contribution is 2.34. The predicted molar refractivity (Wildman–Crippen MR) is 130 cm³/mol. The minimum absolute atomic E-state index is 0.0643. The summed E-state index contributed by atoms with van der Waals surface area (Å²) in [5.74, 6) is 0.110. The van der Waals surface area contributed by atoms with E-state index < -0.39 is 5.25 Å². The van der Waals surface area contributed by atoms with Crippen LogP contribution in [0, 0.1) is 0 Å². The number of benzene rings is 2. The topological polar surface area (TPSA) is 80.2 Å². The van der Waals surface area contributed by atoms with E-state index in [9.17, 15) is 9.59 Å². The number of carbonyl (C=O) groups is 2. The van der Waals surface area contributed by atoms with Gasteiger partial charge in [0.15, 0.2) is 5.17 Å². The van der Waals surface area contributed by atoms with Crippen LogP contribution in [0.5, 0.6) is 5.75 Å². The fraction of sp³-hybridized carbons (Fsp3) is 0.286. The van der Waals surface area contributed by atoms with Crippen LogP contribution >= 0.6 is 46.6 Å². The van der Waals surface area contributed by atoms with Gasteiger partial charge in [0, 0.05) is 13.5 Å². The van der Waals surface area contributed by atoms with Gasteiger partial charge in [-0.2, -0.15) is 0 Å². The minimum Gasteiger partial charge on any atom is -0.497 e. The Hall–Kier alpha value is -1.97. The third kappa shape index (κ3) is 6.08. The third-order valence-electron chi connectivity index (χ3n) is 4.49. The standard InChI is InChI=1S/C21H20Cl3N3O4S/c1-30-8-7-27-20(29)18(32-21(27)25-12-3-5-13(31-2)6-4-12)11-19(28)26-17-10-15(23)14(22)9-16(17)24/h3-6,9-10,18H,7-8,11H2,1-2H3,(H,26,28)/t18-/m0/s1. The number of hydrogen-bond acceptors (Lipinski definition) is 6. The number of anilines is 1. The predicted octanol–water partition coefficient (Wildman–Crippen LogP) is 5.26. The number of carbonyl (C=O) groups excluding carboxylic acids is 2. The zero-order valence-electron chi connectivity index (χ0n) is 17.2. The number of halogens is 3. The summed E-state index contributed by atoms with van der Waals surface area (Å²) in [7, 11) is 3.14. The fourth-order valence-electron chi connectivity index (χ4n) is 2.87. The van der Waals surface area contributed by atoms with Crippen molar-refractivity contribution in [3.8, 4) is 5.75 Å². The lowest BCUT2D eigenvalue weighted by atomic mass is 10.2. The summed E-state index contributed by atoms with van der Waals surface area (Å²) in [5, 5.41) is 3.35. The normalized spacial score (nSPS) is 17.2. The van der Waals surface area contributed by atoms with Crippen LogP contribution in [0.25, 0.3) is 0 Å². The molecule has 1 fully saturated rings. The number of nitrogens with one attached hydrogen (secondary N) is 1. The Bertz CT molecular complexity index is 1030. The van der Waals surface area contributed by atoms with Gasteiger partial charge < -0.3 is 14.8 Å². The molecular formula is C21H20Cl3N3O4S. The first-order valence-electron chi connectivity index (χ1n) is 9.46. The zero-order valence-corrected chi connectivity index (χ0v) is 20.3. The van der Waals surface area contributed by atoms with Crippen LogP contribution in [0.3, 0.4) is 0 Å². The molecule has 1 saturated heterocycles. The Morgan fingerprint density at radius 3 is 2.47 bits per heavy atom. The lowest BCUT2D eigenvalue weighted by molar-refractivity contribution is -0.128. The first-order valence-corrected chi connectivity index (χ1v) is 11.5. The quantitative estimate of drug-likeness (QED) is 0.484. The van der Waals surface area contributed by atoms with Crippen LogP contribution in [0.2, 0.25) is 15.1 Å². The maximum Gasteiger partial charge on any atom is 0.242 e. The van der Waals surface area contributed by atoms with Gasteiger partial charge in [0.1, 0.15) is 11.0 Å². The third-order valence-corrected chi connectivity index (χ3v) is 6.70. The lowest BCUT2D eigenvalue weighted by Gasteiger charge is -2.16. The number of aliphatic imine (C=N–C) groups is 1. The Morgan fingerprint density at radius 1 is 1.12 bits per heavy atom. The van der Waals surface area contributed by atoms with Crippen molar-refractivity contribution in [2.45, 2.75) is 11.7 Å². The van der Waals surface area contributed by atoms with Crippen molar-refractivity contribution in [2.75, 3.05) is 32.7 Å². The molecule has 11 heteroatoms. The molecule has 3 rings (SSSR count). The second-order valence-corrected chi connectivity index (χ2v) is 9.07. The van der Waals surface area contributed by atoms with Gasteiger partial charge in [-0.15, -0.1) is 0 Å². The summed E-state index contributed by atoms with van der Waals surface area (Å²) in [5.41, 5.74) is 0.987. The molecule has 1 N–H and O–H groups in total. The number of hydrogen-bond donors (Lipinski definition) is 1. The van der Waals surface area contributed by atoms with E-state index in [0.29, 0.717) is 35.4 Å². The smallest absolute Gasteiger partial charge is 0.242 e. The maximum absolute atomic E-state index is 13.0. The molecule has 0 spiro atoms. The van der Waals surface area contributed by atoms with E-state index in [1.807, 2.05) is 0 Å². The summed E-state index contributed by atoms with van der Waals surface area (Å²) in [4.78, 5) is 31.7. The number of nitrogens with zero attached hydrogens (tertiary/aromatic N) is 2. The van der Waals surface area contributed by atoms with Crippen LogP contribution in [0.4, 0.5) is 11.4 Å². The van der Waals surface area contributed by atoms with Crippen LogP contribution < -0.4 is 10.1 Å². The highest BCUT2D eigenvalue weighted by Gasteiger charge is 2.39. The molecule has 2 aromatic rings. The number of ether oxygens (including phenoxy) is 2. The van der Waals surface area contributed by atoms with Crippen molar-refractivity contribution >= 4 is 74.9 Å². The molecule has 1 heterocycles. The van der Waals surface area contributed by atoms with E-state index >= 15 is 0 Å². The van der Waals surface area contributed by atoms with E-state index in [0.717, 1.165) is 0 Å². The van der Waals surface area contributed by atoms with Gasteiger partial charge in [-0.25, -0.2) is 4.99 Å². The van der Waals surface area contributed by atoms with Crippen LogP contribution in [-0.2, 0) is 14.3 Å². The molecule has 0 saturated carbocycles. The van der Waals surface area contributed by atoms with Crippen LogP contribution in [0.1, 0.15) is 6.42 Å². The molecule has 0 aliphatic carbocycles. The summed E-state index contributed by atoms with van der Waals surface area (Å²) in [6.07, 6.45) is -0.0643. The molecule has 7 nitrogen and oxygen atoms in total. The van der Waals surface area contributed by atoms with Crippen molar-refractivity contribution in [3.05, 3.63) is 51.5 Å². The summed E-state index contributed by atoms with van der Waals surface area (Å²) in [6.45, 7) is 0.666. The molecule has 1 aliphatic rings. The molecule has 0 unspecified atom stereocenters. The van der Waals surface area contributed by atoms with Crippen molar-refractivity contribution < 1.29 is 19.1 Å². The first-order chi connectivity index (χ1) is 15.3. The van der Waals surface area contributed by atoms with Gasteiger partial charge in [-0.05, 0) is 36.4 Å². The average molecular weight is 517 g/mol. The molecule has 0 bridgehead atoms. The van der Waals surface area contributed by atoms with Gasteiger partial charge in [0.05, 0.1) is 46.7 Å². The number of amidine groups is 1. The van der Waals surface area contributed by atoms with E-state index in [4.69, 9.17) is 44.3 Å². The number of amides is 2. The minimum atomic E-state index is -0.634. The van der Waals surface area contributed by atoms with Gasteiger partial charge >= 0.3 is 0 Å². The molecular weight excluding hydrogens is 497 g/mol. The number of rotatable bonds is 8. The molecule has 1 aliphatic heterocycles. The number of methoxy groups -OCH3 is 2. The maximum atomic E-state index is 13.0. The highest BCUT2D eigenvalue weighted by molar-refractivity contribution is 8.15. The van der Waals surface area contributed by atoms with E-state index in [-0.39, 0.29) is 33.3 Å². The second kappa shape index (κ2) is 11.2. The van der Waals surface area contributed by atoms with Crippen LogP contribution in [-0.4, -0.2) is 54.5 Å². The largest absolute Gasteiger partial charge is 0.497 e. The monoisotopic (exact) mass is 515 g/mol. The van der Waals surface area contributed by atoms with Gasteiger partial charge in [-0.3, -0.25) is 14.5 Å². The molecule has 32 heavy (non-hydrogen) atoms. The SMILES string of the molecule is COCCN1C(=O)[C@H](CC(=O)Nc2cc(Cl)c(Cl)cc2Cl)SC1=Nc1ccc(OC)cc1. The molecule has 2 aromatic carbocycles. The van der Waals surface area contributed by atoms with Crippen molar-refractivity contribution in [3.63, 3.8) is 0 Å². The Morgan fingerprint density at radius 2 is 1.81 bits per heavy atom. The van der Waals surface area contributed by atoms with Gasteiger partial charge in [-0.1, -0.05) is 46.6 Å². The Balaban J connectivity index is 1.75. The van der Waals surface area contributed by atoms with Crippen molar-refractivity contribution in [2.24, 2.45) is 4.99 Å². The molecule has 2 amide bonds. The van der Waals surface area contributed by atoms with Gasteiger partial charge in [0.2, 0.25) is 11.8 Å². The fourth-order valence-corrected chi connectivity index (χ4v) is 4.65. The molecule has 0 radical (unpaired) electrons. The van der Waals surface area contributed by atoms with Gasteiger partial charge in [0.25, 0.3) is 0 Å². The Labute approximate surface area is 205 Å². The van der Waals surface area contributed by atoms with E-state index in [2.05, 4.69) is 10.3 Å². The number of thioether (sulfide) groups is 1. The summed E-state index contributed by atoms with van der Waals surface area (Å²) >= 11 is 19.3. The summed E-state index contributed by atoms with van der Waals surface area (Å²) in [6, 6.07) is 10.1. The highest BCUT2D eigenvalue weighted by atomic mass is 35.5. The van der Waals surface area contributed by atoms with Crippen molar-refractivity contribution in [1.82, 2.24) is 4.90 Å². The average Bonchev–Trinajstić information content (AvgIpc) is 3.04.